The third-order valence-electron chi connectivity index (χ3n) is 2.42. The molecular formula is C9H8BrF6NO3S2. The monoisotopic (exact) mass is 435 g/mol. The molecule has 0 aliphatic heterocycles. The van der Waals surface area contributed by atoms with Crippen LogP contribution in [0.25, 0.3) is 0 Å². The van der Waals surface area contributed by atoms with Crippen molar-refractivity contribution < 1.29 is 39.9 Å². The minimum Gasteiger partial charge on any atom is -0.395 e. The minimum absolute atomic E-state index is 0.316. The lowest BCUT2D eigenvalue weighted by Crippen LogP contribution is -2.54. The van der Waals surface area contributed by atoms with Gasteiger partial charge in [0.2, 0.25) is 10.0 Å². The molecule has 1 aromatic heterocycles. The van der Waals surface area contributed by atoms with Gasteiger partial charge in [-0.25, -0.2) is 13.1 Å². The van der Waals surface area contributed by atoms with Gasteiger partial charge in [-0.3, -0.25) is 0 Å². The first-order valence-corrected chi connectivity index (χ1v) is 8.40. The van der Waals surface area contributed by atoms with Crippen LogP contribution in [0.2, 0.25) is 0 Å². The van der Waals surface area contributed by atoms with Crippen LogP contribution in [0, 0.1) is 5.92 Å². The number of sulfonamides is 1. The van der Waals surface area contributed by atoms with Gasteiger partial charge in [0.1, 0.15) is 4.21 Å². The first-order chi connectivity index (χ1) is 9.79. The average molecular weight is 436 g/mol. The Morgan fingerprint density at radius 3 is 2.00 bits per heavy atom. The molecule has 1 atom stereocenters. The molecule has 0 unspecified atom stereocenters. The molecule has 1 aromatic rings. The zero-order valence-corrected chi connectivity index (χ0v) is 13.5. The Balaban J connectivity index is 3.15. The fourth-order valence-corrected chi connectivity index (χ4v) is 4.82. The standard InChI is InChI=1S/C9H8BrF6NO3S2/c10-5-1-2-6(21-5)22(19,20)17-4(3-18)7(8(11,12)13)9(14,15)16/h1-2,4,7,17-18H,3H2/t4-/m1/s1. The molecule has 1 rings (SSSR count). The normalized spacial score (nSPS) is 15.3. The largest absolute Gasteiger partial charge is 0.402 e. The van der Waals surface area contributed by atoms with Crippen molar-refractivity contribution in [3.8, 4) is 0 Å². The number of aliphatic hydroxyl groups excluding tert-OH is 1. The molecule has 0 spiro atoms. The fourth-order valence-electron chi connectivity index (χ4n) is 1.55. The highest BCUT2D eigenvalue weighted by Crippen LogP contribution is 2.41. The second-order valence-electron chi connectivity index (χ2n) is 4.03. The molecule has 0 amide bonds. The SMILES string of the molecule is O=S(=O)(N[C@H](CO)C(C(F)(F)F)C(F)(F)F)c1ccc(Br)s1. The van der Waals surface area contributed by atoms with Gasteiger partial charge in [-0.2, -0.15) is 26.3 Å². The summed E-state index contributed by atoms with van der Waals surface area (Å²) in [6.07, 6.45) is -11.5. The van der Waals surface area contributed by atoms with Crippen LogP contribution in [-0.4, -0.2) is 38.5 Å². The molecule has 4 nitrogen and oxygen atoms in total. The molecule has 0 aliphatic rings. The van der Waals surface area contributed by atoms with Crippen molar-refractivity contribution in [2.75, 3.05) is 6.61 Å². The maximum atomic E-state index is 12.6. The van der Waals surface area contributed by atoms with Crippen LogP contribution in [0.15, 0.2) is 20.1 Å². The number of halogens is 7. The molecule has 0 fully saturated rings. The Hall–Kier alpha value is -0.370. The lowest BCUT2D eigenvalue weighted by atomic mass is 10.00. The van der Waals surface area contributed by atoms with Gasteiger partial charge >= 0.3 is 12.4 Å². The Kier molecular flexibility index (Phi) is 5.93. The van der Waals surface area contributed by atoms with E-state index in [0.717, 1.165) is 6.07 Å². The molecule has 128 valence electrons. The summed E-state index contributed by atoms with van der Waals surface area (Å²) in [5.74, 6) is -4.02. The highest BCUT2D eigenvalue weighted by atomic mass is 79.9. The molecule has 13 heteroatoms. The number of rotatable bonds is 5. The number of hydrogen-bond acceptors (Lipinski definition) is 4. The third-order valence-corrected chi connectivity index (χ3v) is 6.03. The summed E-state index contributed by atoms with van der Waals surface area (Å²) >= 11 is 3.51. The predicted molar refractivity (Wildman–Crippen MR) is 68.8 cm³/mol. The van der Waals surface area contributed by atoms with Crippen molar-refractivity contribution in [3.63, 3.8) is 0 Å². The zero-order valence-electron chi connectivity index (χ0n) is 10.2. The Bertz CT molecular complexity index is 598. The first-order valence-electron chi connectivity index (χ1n) is 5.31. The summed E-state index contributed by atoms with van der Waals surface area (Å²) in [7, 11) is -4.64. The predicted octanol–water partition coefficient (Wildman–Crippen LogP) is 2.89. The van der Waals surface area contributed by atoms with Crippen molar-refractivity contribution in [1.29, 1.82) is 0 Å². The minimum atomic E-state index is -5.77. The zero-order chi connectivity index (χ0) is 17.3. The summed E-state index contributed by atoms with van der Waals surface area (Å²) in [6.45, 7) is -1.67. The van der Waals surface area contributed by atoms with Gasteiger partial charge < -0.3 is 5.11 Å². The third kappa shape index (κ3) is 4.81. The van der Waals surface area contributed by atoms with Crippen LogP contribution in [0.5, 0.6) is 0 Å². The molecule has 0 bridgehead atoms. The number of alkyl halides is 6. The van der Waals surface area contributed by atoms with Gasteiger partial charge in [-0.05, 0) is 28.1 Å². The quantitative estimate of drug-likeness (QED) is 0.698. The highest BCUT2D eigenvalue weighted by molar-refractivity contribution is 9.11. The van der Waals surface area contributed by atoms with E-state index in [4.69, 9.17) is 5.11 Å². The van der Waals surface area contributed by atoms with E-state index < -0.39 is 45.2 Å². The summed E-state index contributed by atoms with van der Waals surface area (Å²) < 4.78 is 100. The van der Waals surface area contributed by atoms with E-state index in [9.17, 15) is 34.8 Å². The van der Waals surface area contributed by atoms with Crippen molar-refractivity contribution in [3.05, 3.63) is 15.9 Å². The highest BCUT2D eigenvalue weighted by Gasteiger charge is 2.60. The molecule has 0 radical (unpaired) electrons. The molecule has 0 aromatic carbocycles. The fraction of sp³-hybridized carbons (Fsp3) is 0.556. The maximum absolute atomic E-state index is 12.6. The average Bonchev–Trinajstić information content (AvgIpc) is 2.71. The Labute approximate surface area is 133 Å². The maximum Gasteiger partial charge on any atom is 0.402 e. The Morgan fingerprint density at radius 1 is 1.18 bits per heavy atom. The smallest absolute Gasteiger partial charge is 0.395 e. The van der Waals surface area contributed by atoms with E-state index in [-0.39, 0.29) is 0 Å². The van der Waals surface area contributed by atoms with Crippen LogP contribution in [-0.2, 0) is 10.0 Å². The van der Waals surface area contributed by atoms with Crippen molar-refractivity contribution in [2.24, 2.45) is 5.92 Å². The first kappa shape index (κ1) is 19.7. The molecular weight excluding hydrogens is 428 g/mol. The number of nitrogens with one attached hydrogen (secondary N) is 1. The molecule has 0 aliphatic carbocycles. The number of aliphatic hydroxyl groups is 1. The summed E-state index contributed by atoms with van der Waals surface area (Å²) in [5.41, 5.74) is 0. The second kappa shape index (κ2) is 6.63. The van der Waals surface area contributed by atoms with Crippen LogP contribution >= 0.6 is 27.3 Å². The van der Waals surface area contributed by atoms with Crippen LogP contribution < -0.4 is 4.72 Å². The van der Waals surface area contributed by atoms with E-state index in [1.807, 2.05) is 0 Å². The van der Waals surface area contributed by atoms with Gasteiger partial charge in [0.05, 0.1) is 16.4 Å². The number of hydrogen-bond donors (Lipinski definition) is 2. The van der Waals surface area contributed by atoms with Gasteiger partial charge in [0.25, 0.3) is 0 Å². The lowest BCUT2D eigenvalue weighted by molar-refractivity contribution is -0.292. The van der Waals surface area contributed by atoms with Crippen LogP contribution in [0.3, 0.4) is 0 Å². The van der Waals surface area contributed by atoms with Gasteiger partial charge in [-0.15, -0.1) is 11.3 Å². The van der Waals surface area contributed by atoms with Crippen molar-refractivity contribution in [2.45, 2.75) is 22.6 Å². The molecule has 0 saturated heterocycles. The summed E-state index contributed by atoms with van der Waals surface area (Å²) in [6, 6.07) is -0.522. The lowest BCUT2D eigenvalue weighted by Gasteiger charge is -2.29. The van der Waals surface area contributed by atoms with E-state index in [1.165, 1.54) is 10.8 Å². The van der Waals surface area contributed by atoms with Crippen molar-refractivity contribution >= 4 is 37.3 Å². The van der Waals surface area contributed by atoms with E-state index in [1.54, 1.807) is 0 Å². The molecule has 2 N–H and O–H groups in total. The Morgan fingerprint density at radius 2 is 1.68 bits per heavy atom. The molecule has 0 saturated carbocycles. The second-order valence-corrected chi connectivity index (χ2v) is 8.43. The van der Waals surface area contributed by atoms with Gasteiger partial charge in [0, 0.05) is 0 Å². The van der Waals surface area contributed by atoms with E-state index in [2.05, 4.69) is 15.9 Å². The van der Waals surface area contributed by atoms with Crippen LogP contribution in [0.4, 0.5) is 26.3 Å². The van der Waals surface area contributed by atoms with Crippen molar-refractivity contribution in [1.82, 2.24) is 4.72 Å². The van der Waals surface area contributed by atoms with Gasteiger partial charge in [0.15, 0.2) is 5.92 Å². The number of thiophene rings is 1. The molecule has 1 heterocycles. The van der Waals surface area contributed by atoms with Crippen LogP contribution in [0.1, 0.15) is 0 Å². The van der Waals surface area contributed by atoms with E-state index in [0.29, 0.717) is 15.1 Å². The topological polar surface area (TPSA) is 66.4 Å². The molecule has 22 heavy (non-hydrogen) atoms. The summed E-state index contributed by atoms with van der Waals surface area (Å²) in [4.78, 5) is 0. The van der Waals surface area contributed by atoms with E-state index >= 15 is 0 Å². The summed E-state index contributed by atoms with van der Waals surface area (Å²) in [5, 5.41) is 8.81. The van der Waals surface area contributed by atoms with Gasteiger partial charge in [-0.1, -0.05) is 0 Å².